The van der Waals surface area contributed by atoms with E-state index in [-0.39, 0.29) is 0 Å². The van der Waals surface area contributed by atoms with Crippen LogP contribution in [0, 0.1) is 0 Å². The van der Waals surface area contributed by atoms with Crippen LogP contribution in [0.2, 0.25) is 0 Å². The Morgan fingerprint density at radius 3 is 3.10 bits per heavy atom. The topological polar surface area (TPSA) is 77.8 Å². The molecule has 0 aliphatic rings. The van der Waals surface area contributed by atoms with Gasteiger partial charge in [0.05, 0.1) is 15.8 Å². The lowest BCUT2D eigenvalue weighted by Gasteiger charge is -2.18. The predicted molar refractivity (Wildman–Crippen MR) is 79.4 cm³/mol. The van der Waals surface area contributed by atoms with Crippen molar-refractivity contribution < 1.29 is 4.52 Å². The summed E-state index contributed by atoms with van der Waals surface area (Å²) in [6, 6.07) is 4.01. The zero-order valence-corrected chi connectivity index (χ0v) is 12.3. The lowest BCUT2D eigenvalue weighted by Crippen LogP contribution is -2.33. The summed E-state index contributed by atoms with van der Waals surface area (Å²) in [5.74, 6) is 1.01. The molecule has 0 radical (unpaired) electrons. The molecule has 6 heteroatoms. The third-order valence-corrected chi connectivity index (χ3v) is 4.10. The van der Waals surface area contributed by atoms with Crippen LogP contribution in [0.15, 0.2) is 28.2 Å². The average Bonchev–Trinajstić information content (AvgIpc) is 3.07. The molecule has 0 aliphatic heterocycles. The van der Waals surface area contributed by atoms with Crippen molar-refractivity contribution in [3.8, 4) is 11.4 Å². The van der Waals surface area contributed by atoms with Gasteiger partial charge in [-0.2, -0.15) is 4.98 Å². The molecular weight excluding hydrogens is 272 g/mol. The smallest absolute Gasteiger partial charge is 0.246 e. The number of nitrogens with two attached hydrogens (primary N) is 1. The molecule has 3 rings (SSSR count). The Labute approximate surface area is 120 Å². The maximum atomic E-state index is 6.20. The highest BCUT2D eigenvalue weighted by Gasteiger charge is 2.27. The Morgan fingerprint density at radius 1 is 1.45 bits per heavy atom. The number of thiophene rings is 1. The van der Waals surface area contributed by atoms with E-state index >= 15 is 0 Å². The minimum absolute atomic E-state index is 0.473. The van der Waals surface area contributed by atoms with Crippen LogP contribution in [0.25, 0.3) is 21.6 Å². The summed E-state index contributed by atoms with van der Waals surface area (Å²) >= 11 is 1.64. The van der Waals surface area contributed by atoms with E-state index in [1.54, 1.807) is 17.5 Å². The molecule has 0 bridgehead atoms. The molecule has 2 N–H and O–H groups in total. The molecule has 3 heterocycles. The van der Waals surface area contributed by atoms with Gasteiger partial charge in [-0.3, -0.25) is 4.98 Å². The first-order valence-corrected chi connectivity index (χ1v) is 7.45. The Bertz CT molecular complexity index is 731. The second-order valence-electron chi connectivity index (χ2n) is 5.12. The van der Waals surface area contributed by atoms with E-state index in [0.717, 1.165) is 28.6 Å². The molecular formula is C14H16N4OS. The Morgan fingerprint density at radius 2 is 2.30 bits per heavy atom. The molecule has 104 valence electrons. The van der Waals surface area contributed by atoms with E-state index < -0.39 is 5.54 Å². The zero-order chi connectivity index (χ0) is 14.2. The molecule has 1 atom stereocenters. The number of rotatable bonds is 4. The highest BCUT2D eigenvalue weighted by atomic mass is 32.1. The minimum Gasteiger partial charge on any atom is -0.337 e. The number of hydrogen-bond donors (Lipinski definition) is 1. The molecule has 1 unspecified atom stereocenters. The van der Waals surface area contributed by atoms with Gasteiger partial charge in [0.1, 0.15) is 0 Å². The van der Waals surface area contributed by atoms with Crippen LogP contribution in [-0.4, -0.2) is 15.1 Å². The summed E-state index contributed by atoms with van der Waals surface area (Å²) in [5.41, 5.74) is 7.45. The van der Waals surface area contributed by atoms with Gasteiger partial charge in [-0.15, -0.1) is 11.3 Å². The van der Waals surface area contributed by atoms with Crippen molar-refractivity contribution in [2.75, 3.05) is 0 Å². The van der Waals surface area contributed by atoms with Crippen LogP contribution < -0.4 is 5.73 Å². The van der Waals surface area contributed by atoms with Gasteiger partial charge in [0, 0.05) is 11.8 Å². The highest BCUT2D eigenvalue weighted by molar-refractivity contribution is 7.17. The van der Waals surface area contributed by atoms with Crippen LogP contribution in [0.1, 0.15) is 32.6 Å². The number of fused-ring (bicyclic) bond motifs is 1. The fourth-order valence-corrected chi connectivity index (χ4v) is 2.95. The number of pyridine rings is 1. The molecule has 20 heavy (non-hydrogen) atoms. The zero-order valence-electron chi connectivity index (χ0n) is 11.5. The van der Waals surface area contributed by atoms with E-state index in [1.165, 1.54) is 0 Å². The number of nitrogens with zero attached hydrogens (tertiary/aromatic N) is 3. The number of aromatic nitrogens is 3. The number of hydrogen-bond acceptors (Lipinski definition) is 6. The van der Waals surface area contributed by atoms with Gasteiger partial charge in [-0.05, 0) is 30.9 Å². The Hall–Kier alpha value is -1.79. The van der Waals surface area contributed by atoms with E-state index in [9.17, 15) is 0 Å². The van der Waals surface area contributed by atoms with Crippen molar-refractivity contribution in [2.24, 2.45) is 5.73 Å². The largest absolute Gasteiger partial charge is 0.337 e. The van der Waals surface area contributed by atoms with E-state index in [1.807, 2.05) is 24.4 Å². The summed E-state index contributed by atoms with van der Waals surface area (Å²) in [6.45, 7) is 3.99. The second kappa shape index (κ2) is 4.96. The van der Waals surface area contributed by atoms with Gasteiger partial charge >= 0.3 is 0 Å². The Balaban J connectivity index is 1.96. The van der Waals surface area contributed by atoms with Crippen molar-refractivity contribution in [2.45, 2.75) is 32.2 Å². The molecule has 0 saturated heterocycles. The molecule has 0 saturated carbocycles. The quantitative estimate of drug-likeness (QED) is 0.796. The predicted octanol–water partition coefficient (Wildman–Crippen LogP) is 3.32. The summed E-state index contributed by atoms with van der Waals surface area (Å²) in [4.78, 5) is 8.81. The molecule has 0 spiro atoms. The van der Waals surface area contributed by atoms with Crippen molar-refractivity contribution in [3.63, 3.8) is 0 Å². The monoisotopic (exact) mass is 288 g/mol. The van der Waals surface area contributed by atoms with E-state index in [0.29, 0.717) is 11.7 Å². The first-order chi connectivity index (χ1) is 9.60. The van der Waals surface area contributed by atoms with Gasteiger partial charge in [-0.1, -0.05) is 18.5 Å². The fraction of sp³-hybridized carbons (Fsp3) is 0.357. The van der Waals surface area contributed by atoms with Crippen LogP contribution in [-0.2, 0) is 5.54 Å². The fourth-order valence-electron chi connectivity index (χ4n) is 2.17. The van der Waals surface area contributed by atoms with Crippen LogP contribution in [0.5, 0.6) is 0 Å². The molecule has 3 aromatic heterocycles. The third kappa shape index (κ3) is 2.32. The molecule has 0 aromatic carbocycles. The standard InChI is InChI=1S/C14H16N4OS/c1-3-5-14(2,15)13-17-12(18-19-13)9-7-11-10(16-8-9)4-6-20-11/h4,6-8H,3,5,15H2,1-2H3. The highest BCUT2D eigenvalue weighted by Crippen LogP contribution is 2.27. The summed E-state index contributed by atoms with van der Waals surface area (Å²) in [5, 5.41) is 6.04. The van der Waals surface area contributed by atoms with Crippen molar-refractivity contribution in [3.05, 3.63) is 29.6 Å². The molecule has 5 nitrogen and oxygen atoms in total. The average molecular weight is 288 g/mol. The van der Waals surface area contributed by atoms with Crippen LogP contribution in [0.4, 0.5) is 0 Å². The van der Waals surface area contributed by atoms with E-state index in [4.69, 9.17) is 10.3 Å². The lowest BCUT2D eigenvalue weighted by atomic mass is 9.98. The molecule has 0 fully saturated rings. The SMILES string of the molecule is CCCC(C)(N)c1nc(-c2cnc3ccsc3c2)no1. The van der Waals surface area contributed by atoms with Crippen molar-refractivity contribution >= 4 is 21.6 Å². The normalized spacial score (nSPS) is 14.6. The first kappa shape index (κ1) is 13.2. The third-order valence-electron chi connectivity index (χ3n) is 3.24. The molecule has 0 amide bonds. The second-order valence-corrected chi connectivity index (χ2v) is 6.07. The lowest BCUT2D eigenvalue weighted by molar-refractivity contribution is 0.284. The van der Waals surface area contributed by atoms with Crippen molar-refractivity contribution in [1.29, 1.82) is 0 Å². The minimum atomic E-state index is -0.583. The maximum Gasteiger partial charge on any atom is 0.246 e. The molecule has 3 aromatic rings. The van der Waals surface area contributed by atoms with E-state index in [2.05, 4.69) is 22.0 Å². The van der Waals surface area contributed by atoms with Gasteiger partial charge in [0.25, 0.3) is 0 Å². The Kier molecular flexibility index (Phi) is 3.27. The van der Waals surface area contributed by atoms with Crippen LogP contribution in [0.3, 0.4) is 0 Å². The summed E-state index contributed by atoms with van der Waals surface area (Å²) < 4.78 is 6.43. The van der Waals surface area contributed by atoms with Crippen LogP contribution >= 0.6 is 11.3 Å². The van der Waals surface area contributed by atoms with Crippen molar-refractivity contribution in [1.82, 2.24) is 15.1 Å². The van der Waals surface area contributed by atoms with Gasteiger partial charge in [0.2, 0.25) is 11.7 Å². The van der Waals surface area contributed by atoms with Gasteiger partial charge in [0.15, 0.2) is 0 Å². The molecule has 0 aliphatic carbocycles. The maximum absolute atomic E-state index is 6.20. The summed E-state index contributed by atoms with van der Waals surface area (Å²) in [7, 11) is 0. The van der Waals surface area contributed by atoms with Gasteiger partial charge in [-0.25, -0.2) is 0 Å². The van der Waals surface area contributed by atoms with Gasteiger partial charge < -0.3 is 10.3 Å². The summed E-state index contributed by atoms with van der Waals surface area (Å²) in [6.07, 6.45) is 3.53. The first-order valence-electron chi connectivity index (χ1n) is 6.57.